The van der Waals surface area contributed by atoms with Gasteiger partial charge in [-0.05, 0) is 35.0 Å². The van der Waals surface area contributed by atoms with Crippen LogP contribution in [0.3, 0.4) is 0 Å². The van der Waals surface area contributed by atoms with E-state index in [4.69, 9.17) is 5.73 Å². The van der Waals surface area contributed by atoms with Crippen molar-refractivity contribution in [2.75, 3.05) is 5.32 Å². The van der Waals surface area contributed by atoms with E-state index < -0.39 is 0 Å². The van der Waals surface area contributed by atoms with E-state index in [0.29, 0.717) is 5.70 Å². The van der Waals surface area contributed by atoms with E-state index in [9.17, 15) is 0 Å². The summed E-state index contributed by atoms with van der Waals surface area (Å²) < 4.78 is 0. The van der Waals surface area contributed by atoms with Gasteiger partial charge in [-0.25, -0.2) is 0 Å². The molecule has 0 aliphatic carbocycles. The summed E-state index contributed by atoms with van der Waals surface area (Å²) in [6.07, 6.45) is 1.67. The highest BCUT2D eigenvalue weighted by Gasteiger charge is 2.00. The minimum atomic E-state index is 0.587. The van der Waals surface area contributed by atoms with Crippen LogP contribution in [-0.4, -0.2) is 0 Å². The van der Waals surface area contributed by atoms with Gasteiger partial charge in [0, 0.05) is 11.4 Å². The van der Waals surface area contributed by atoms with Crippen molar-refractivity contribution in [3.05, 3.63) is 73.5 Å². The lowest BCUT2D eigenvalue weighted by atomic mass is 10.0. The van der Waals surface area contributed by atoms with Gasteiger partial charge in [0.15, 0.2) is 0 Å². The smallest absolute Gasteiger partial charge is 0.0385 e. The molecular formula is C16H16N2. The van der Waals surface area contributed by atoms with E-state index in [1.165, 1.54) is 0 Å². The van der Waals surface area contributed by atoms with E-state index in [1.807, 2.05) is 36.4 Å². The molecule has 2 aromatic rings. The second-order valence-corrected chi connectivity index (χ2v) is 4.03. The highest BCUT2D eigenvalue weighted by molar-refractivity contribution is 5.71. The van der Waals surface area contributed by atoms with Crippen LogP contribution in [0.4, 0.5) is 5.69 Å². The molecule has 0 saturated carbocycles. The molecule has 0 fully saturated rings. The molecular weight excluding hydrogens is 220 g/mol. The molecule has 0 aliphatic rings. The molecule has 18 heavy (non-hydrogen) atoms. The van der Waals surface area contributed by atoms with Crippen LogP contribution in [0.1, 0.15) is 5.56 Å². The van der Waals surface area contributed by atoms with Crippen molar-refractivity contribution in [1.82, 2.24) is 0 Å². The van der Waals surface area contributed by atoms with Crippen molar-refractivity contribution >= 4 is 11.4 Å². The van der Waals surface area contributed by atoms with Crippen LogP contribution in [0.2, 0.25) is 0 Å². The Kier molecular flexibility index (Phi) is 3.49. The summed E-state index contributed by atoms with van der Waals surface area (Å²) in [4.78, 5) is 0. The predicted octanol–water partition coefficient (Wildman–Crippen LogP) is 3.84. The average molecular weight is 236 g/mol. The Balaban J connectivity index is 2.33. The molecule has 0 amide bonds. The Labute approximate surface area is 107 Å². The number of hydrogen-bond donors (Lipinski definition) is 2. The summed E-state index contributed by atoms with van der Waals surface area (Å²) in [5.41, 5.74) is 10.5. The lowest BCUT2D eigenvalue weighted by Crippen LogP contribution is -1.93. The van der Waals surface area contributed by atoms with Crippen LogP contribution >= 0.6 is 0 Å². The van der Waals surface area contributed by atoms with Gasteiger partial charge >= 0.3 is 0 Å². The van der Waals surface area contributed by atoms with Crippen molar-refractivity contribution in [2.24, 2.45) is 5.73 Å². The largest absolute Gasteiger partial charge is 0.399 e. The molecule has 0 radical (unpaired) electrons. The van der Waals surface area contributed by atoms with Crippen LogP contribution in [0.25, 0.3) is 16.8 Å². The van der Waals surface area contributed by atoms with Crippen molar-refractivity contribution in [2.45, 2.75) is 0 Å². The summed E-state index contributed by atoms with van der Waals surface area (Å²) in [6.45, 7) is 7.38. The van der Waals surface area contributed by atoms with Crippen LogP contribution in [-0.2, 0) is 0 Å². The standard InChI is InChI=1S/C16H16N2/c1-3-18-16-6-4-5-15(11-16)14-9-7-13(8-10-14)12(2)17/h3-11,18H,1-2,17H2. The van der Waals surface area contributed by atoms with Crippen LogP contribution in [0.15, 0.2) is 67.9 Å². The predicted molar refractivity (Wildman–Crippen MR) is 78.9 cm³/mol. The molecule has 0 unspecified atom stereocenters. The van der Waals surface area contributed by atoms with E-state index in [-0.39, 0.29) is 0 Å². The third-order valence-electron chi connectivity index (χ3n) is 2.72. The van der Waals surface area contributed by atoms with Gasteiger partial charge in [-0.2, -0.15) is 0 Å². The van der Waals surface area contributed by atoms with Crippen LogP contribution in [0, 0.1) is 0 Å². The minimum absolute atomic E-state index is 0.587. The molecule has 0 heterocycles. The zero-order valence-electron chi connectivity index (χ0n) is 10.2. The molecule has 2 rings (SSSR count). The van der Waals surface area contributed by atoms with Gasteiger partial charge in [0.1, 0.15) is 0 Å². The SMILES string of the molecule is C=CNc1cccc(-c2ccc(C(=C)N)cc2)c1. The van der Waals surface area contributed by atoms with Crippen LogP contribution in [0.5, 0.6) is 0 Å². The monoisotopic (exact) mass is 236 g/mol. The van der Waals surface area contributed by atoms with Gasteiger partial charge in [-0.15, -0.1) is 0 Å². The Hall–Kier alpha value is -2.48. The lowest BCUT2D eigenvalue weighted by Gasteiger charge is -2.06. The quantitative estimate of drug-likeness (QED) is 0.846. The highest BCUT2D eigenvalue weighted by atomic mass is 14.8. The van der Waals surface area contributed by atoms with E-state index in [2.05, 4.69) is 30.6 Å². The van der Waals surface area contributed by atoms with Gasteiger partial charge in [0.05, 0.1) is 0 Å². The summed E-state index contributed by atoms with van der Waals surface area (Å²) in [6, 6.07) is 16.2. The first-order valence-corrected chi connectivity index (χ1v) is 5.73. The molecule has 0 saturated heterocycles. The number of nitrogens with two attached hydrogens (primary N) is 1. The van der Waals surface area contributed by atoms with Crippen molar-refractivity contribution in [3.63, 3.8) is 0 Å². The van der Waals surface area contributed by atoms with Crippen LogP contribution < -0.4 is 11.1 Å². The summed E-state index contributed by atoms with van der Waals surface area (Å²) in [5.74, 6) is 0. The number of rotatable bonds is 4. The second-order valence-electron chi connectivity index (χ2n) is 4.03. The third-order valence-corrected chi connectivity index (χ3v) is 2.72. The molecule has 2 nitrogen and oxygen atoms in total. The van der Waals surface area contributed by atoms with Gasteiger partial charge in [-0.1, -0.05) is 49.6 Å². The first-order chi connectivity index (χ1) is 8.70. The zero-order chi connectivity index (χ0) is 13.0. The maximum absolute atomic E-state index is 5.65. The molecule has 2 heteroatoms. The minimum Gasteiger partial charge on any atom is -0.399 e. The Bertz CT molecular complexity index is 568. The topological polar surface area (TPSA) is 38.0 Å². The molecule has 2 aromatic carbocycles. The average Bonchev–Trinajstić information content (AvgIpc) is 2.39. The first kappa shape index (κ1) is 12.0. The maximum Gasteiger partial charge on any atom is 0.0385 e. The normalized spacial score (nSPS) is 9.78. The number of anilines is 1. The molecule has 0 aromatic heterocycles. The lowest BCUT2D eigenvalue weighted by molar-refractivity contribution is 1.52. The Morgan fingerprint density at radius 1 is 1.06 bits per heavy atom. The van der Waals surface area contributed by atoms with E-state index in [1.54, 1.807) is 6.20 Å². The Morgan fingerprint density at radius 3 is 2.39 bits per heavy atom. The molecule has 3 N–H and O–H groups in total. The van der Waals surface area contributed by atoms with Gasteiger partial charge < -0.3 is 11.1 Å². The zero-order valence-corrected chi connectivity index (χ0v) is 10.2. The molecule has 0 atom stereocenters. The highest BCUT2D eigenvalue weighted by Crippen LogP contribution is 2.23. The first-order valence-electron chi connectivity index (χ1n) is 5.73. The summed E-state index contributed by atoms with van der Waals surface area (Å²) in [7, 11) is 0. The van der Waals surface area contributed by atoms with Crippen molar-refractivity contribution in [3.8, 4) is 11.1 Å². The molecule has 90 valence electrons. The number of nitrogens with one attached hydrogen (secondary N) is 1. The van der Waals surface area contributed by atoms with Crippen molar-refractivity contribution in [1.29, 1.82) is 0 Å². The second kappa shape index (κ2) is 5.23. The summed E-state index contributed by atoms with van der Waals surface area (Å²) >= 11 is 0. The molecule has 0 spiro atoms. The Morgan fingerprint density at radius 2 is 1.78 bits per heavy atom. The molecule has 0 aliphatic heterocycles. The van der Waals surface area contributed by atoms with Gasteiger partial charge in [0.2, 0.25) is 0 Å². The molecule has 0 bridgehead atoms. The maximum atomic E-state index is 5.65. The van der Waals surface area contributed by atoms with E-state index in [0.717, 1.165) is 22.4 Å². The fourth-order valence-corrected chi connectivity index (χ4v) is 1.78. The third kappa shape index (κ3) is 2.61. The van der Waals surface area contributed by atoms with Gasteiger partial charge in [0.25, 0.3) is 0 Å². The number of benzene rings is 2. The summed E-state index contributed by atoms with van der Waals surface area (Å²) in [5, 5.41) is 3.08. The fraction of sp³-hybridized carbons (Fsp3) is 0. The van der Waals surface area contributed by atoms with E-state index >= 15 is 0 Å². The van der Waals surface area contributed by atoms with Crippen molar-refractivity contribution < 1.29 is 0 Å². The number of hydrogen-bond acceptors (Lipinski definition) is 2. The fourth-order valence-electron chi connectivity index (χ4n) is 1.78. The van der Waals surface area contributed by atoms with Gasteiger partial charge in [-0.3, -0.25) is 0 Å².